The van der Waals surface area contributed by atoms with E-state index in [-0.39, 0.29) is 6.42 Å². The molecular weight excluding hydrogens is 320 g/mol. The SMILES string of the molecule is CCOc1cc2cc(CSCCC(=O)O)sc2cc1OCC. The first-order chi connectivity index (χ1) is 10.6. The lowest BCUT2D eigenvalue weighted by Gasteiger charge is -2.10. The smallest absolute Gasteiger partial charge is 0.304 e. The van der Waals surface area contributed by atoms with Crippen LogP contribution in [0.15, 0.2) is 18.2 Å². The quantitative estimate of drug-likeness (QED) is 0.685. The van der Waals surface area contributed by atoms with Crippen LogP contribution in [0.2, 0.25) is 0 Å². The molecule has 0 unspecified atom stereocenters. The molecule has 6 heteroatoms. The third-order valence-corrected chi connectivity index (χ3v) is 5.23. The summed E-state index contributed by atoms with van der Waals surface area (Å²) in [5.41, 5.74) is 0. The highest BCUT2D eigenvalue weighted by molar-refractivity contribution is 7.98. The minimum atomic E-state index is -0.744. The van der Waals surface area contributed by atoms with Crippen LogP contribution < -0.4 is 9.47 Å². The summed E-state index contributed by atoms with van der Waals surface area (Å²) in [4.78, 5) is 11.7. The van der Waals surface area contributed by atoms with Gasteiger partial charge in [0, 0.05) is 27.1 Å². The molecule has 1 heterocycles. The molecule has 4 nitrogen and oxygen atoms in total. The maximum Gasteiger partial charge on any atom is 0.304 e. The summed E-state index contributed by atoms with van der Waals surface area (Å²) < 4.78 is 12.5. The summed E-state index contributed by atoms with van der Waals surface area (Å²) in [6.45, 7) is 5.12. The molecule has 0 amide bonds. The fourth-order valence-electron chi connectivity index (χ4n) is 2.04. The van der Waals surface area contributed by atoms with E-state index in [1.54, 1.807) is 23.1 Å². The number of hydrogen-bond acceptors (Lipinski definition) is 5. The summed E-state index contributed by atoms with van der Waals surface area (Å²) in [7, 11) is 0. The van der Waals surface area contributed by atoms with Crippen molar-refractivity contribution in [2.24, 2.45) is 0 Å². The molecule has 2 rings (SSSR count). The zero-order chi connectivity index (χ0) is 15.9. The molecule has 0 atom stereocenters. The molecule has 0 aliphatic rings. The average molecular weight is 340 g/mol. The second-order valence-corrected chi connectivity index (χ2v) is 6.89. The third kappa shape index (κ3) is 4.55. The topological polar surface area (TPSA) is 55.8 Å². The van der Waals surface area contributed by atoms with E-state index in [1.807, 2.05) is 26.0 Å². The van der Waals surface area contributed by atoms with Crippen molar-refractivity contribution in [1.82, 2.24) is 0 Å². The van der Waals surface area contributed by atoms with Gasteiger partial charge in [0.05, 0.1) is 19.6 Å². The van der Waals surface area contributed by atoms with E-state index in [1.165, 1.54) is 9.58 Å². The number of carboxylic acid groups (broad SMARTS) is 1. The Labute approximate surface area is 138 Å². The lowest BCUT2D eigenvalue weighted by atomic mass is 10.2. The zero-order valence-electron chi connectivity index (χ0n) is 12.8. The second-order valence-electron chi connectivity index (χ2n) is 4.61. The van der Waals surface area contributed by atoms with Crippen molar-refractivity contribution in [3.05, 3.63) is 23.1 Å². The van der Waals surface area contributed by atoms with Gasteiger partial charge in [-0.05, 0) is 31.4 Å². The van der Waals surface area contributed by atoms with Crippen LogP contribution in [0.3, 0.4) is 0 Å². The van der Waals surface area contributed by atoms with Gasteiger partial charge in [0.25, 0.3) is 0 Å². The van der Waals surface area contributed by atoms with Gasteiger partial charge in [-0.2, -0.15) is 11.8 Å². The van der Waals surface area contributed by atoms with Crippen molar-refractivity contribution >= 4 is 39.2 Å². The van der Waals surface area contributed by atoms with Gasteiger partial charge in [-0.3, -0.25) is 4.79 Å². The molecule has 0 saturated heterocycles. The van der Waals surface area contributed by atoms with E-state index in [4.69, 9.17) is 14.6 Å². The normalized spacial score (nSPS) is 10.8. The highest BCUT2D eigenvalue weighted by Crippen LogP contribution is 2.37. The largest absolute Gasteiger partial charge is 0.490 e. The van der Waals surface area contributed by atoms with Crippen molar-refractivity contribution in [1.29, 1.82) is 0 Å². The van der Waals surface area contributed by atoms with Crippen LogP contribution in [0.1, 0.15) is 25.1 Å². The van der Waals surface area contributed by atoms with Gasteiger partial charge in [0.2, 0.25) is 0 Å². The highest BCUT2D eigenvalue weighted by Gasteiger charge is 2.10. The number of hydrogen-bond donors (Lipinski definition) is 1. The van der Waals surface area contributed by atoms with Crippen LogP contribution in [-0.2, 0) is 10.5 Å². The summed E-state index contributed by atoms with van der Waals surface area (Å²) in [5.74, 6) is 2.29. The number of benzene rings is 1. The van der Waals surface area contributed by atoms with E-state index in [9.17, 15) is 4.79 Å². The Morgan fingerprint density at radius 2 is 1.86 bits per heavy atom. The standard InChI is InChI=1S/C16H20O4S2/c1-3-19-13-8-11-7-12(10-21-6-5-16(17)18)22-15(11)9-14(13)20-4-2/h7-9H,3-6,10H2,1-2H3,(H,17,18). The predicted octanol–water partition coefficient (Wildman–Crippen LogP) is 4.41. The van der Waals surface area contributed by atoms with Gasteiger partial charge in [0.15, 0.2) is 11.5 Å². The molecule has 1 N–H and O–H groups in total. The fourth-order valence-corrected chi connectivity index (χ4v) is 4.15. The maximum absolute atomic E-state index is 10.5. The monoisotopic (exact) mass is 340 g/mol. The number of thioether (sulfide) groups is 1. The minimum Gasteiger partial charge on any atom is -0.490 e. The van der Waals surface area contributed by atoms with Gasteiger partial charge < -0.3 is 14.6 Å². The summed E-state index contributed by atoms with van der Waals surface area (Å²) in [6, 6.07) is 6.19. The van der Waals surface area contributed by atoms with Crippen molar-refractivity contribution in [2.45, 2.75) is 26.0 Å². The Bertz CT molecular complexity index is 593. The first kappa shape index (κ1) is 17.0. The Balaban J connectivity index is 2.13. The van der Waals surface area contributed by atoms with Gasteiger partial charge in [-0.1, -0.05) is 0 Å². The number of carbonyl (C=O) groups is 1. The van der Waals surface area contributed by atoms with E-state index < -0.39 is 5.97 Å². The molecule has 0 radical (unpaired) electrons. The number of carboxylic acids is 1. The lowest BCUT2D eigenvalue weighted by molar-refractivity contribution is -0.136. The Morgan fingerprint density at radius 1 is 1.18 bits per heavy atom. The predicted molar refractivity (Wildman–Crippen MR) is 92.6 cm³/mol. The number of thiophene rings is 1. The van der Waals surface area contributed by atoms with Crippen LogP contribution >= 0.6 is 23.1 Å². The number of rotatable bonds is 9. The fraction of sp³-hybridized carbons (Fsp3) is 0.438. The van der Waals surface area contributed by atoms with Crippen LogP contribution in [-0.4, -0.2) is 30.0 Å². The van der Waals surface area contributed by atoms with Crippen molar-refractivity contribution in [2.75, 3.05) is 19.0 Å². The van der Waals surface area contributed by atoms with Crippen LogP contribution in [0, 0.1) is 0 Å². The van der Waals surface area contributed by atoms with Crippen LogP contribution in [0.5, 0.6) is 11.5 Å². The van der Waals surface area contributed by atoms with E-state index >= 15 is 0 Å². The van der Waals surface area contributed by atoms with E-state index in [2.05, 4.69) is 6.07 Å². The summed E-state index contributed by atoms with van der Waals surface area (Å²) in [5, 5.41) is 9.79. The average Bonchev–Trinajstić information content (AvgIpc) is 2.86. The van der Waals surface area contributed by atoms with Gasteiger partial charge >= 0.3 is 5.97 Å². The Morgan fingerprint density at radius 3 is 2.50 bits per heavy atom. The first-order valence-electron chi connectivity index (χ1n) is 7.25. The van der Waals surface area contributed by atoms with E-state index in [0.29, 0.717) is 19.0 Å². The maximum atomic E-state index is 10.5. The molecule has 1 aromatic carbocycles. The molecule has 2 aromatic rings. The molecule has 0 fully saturated rings. The summed E-state index contributed by atoms with van der Waals surface area (Å²) >= 11 is 3.37. The molecule has 1 aromatic heterocycles. The lowest BCUT2D eigenvalue weighted by Crippen LogP contribution is -1.97. The van der Waals surface area contributed by atoms with Gasteiger partial charge in [-0.25, -0.2) is 0 Å². The Kier molecular flexibility index (Phi) is 6.39. The summed E-state index contributed by atoms with van der Waals surface area (Å²) in [6.07, 6.45) is 0.207. The van der Waals surface area contributed by atoms with Crippen molar-refractivity contribution in [3.8, 4) is 11.5 Å². The number of aliphatic carboxylic acids is 1. The van der Waals surface area contributed by atoms with Gasteiger partial charge in [-0.15, -0.1) is 11.3 Å². The highest BCUT2D eigenvalue weighted by atomic mass is 32.2. The Hall–Kier alpha value is -1.40. The van der Waals surface area contributed by atoms with Crippen LogP contribution in [0.25, 0.3) is 10.1 Å². The molecule has 0 aliphatic heterocycles. The zero-order valence-corrected chi connectivity index (χ0v) is 14.4. The molecule has 0 spiro atoms. The molecule has 0 saturated carbocycles. The van der Waals surface area contributed by atoms with Crippen molar-refractivity contribution in [3.63, 3.8) is 0 Å². The first-order valence-corrected chi connectivity index (χ1v) is 9.22. The molecule has 0 aliphatic carbocycles. The number of ether oxygens (including phenoxy) is 2. The second kappa shape index (κ2) is 8.29. The minimum absolute atomic E-state index is 0.207. The molecule has 120 valence electrons. The van der Waals surface area contributed by atoms with Crippen molar-refractivity contribution < 1.29 is 19.4 Å². The van der Waals surface area contributed by atoms with Crippen LogP contribution in [0.4, 0.5) is 0 Å². The molecule has 22 heavy (non-hydrogen) atoms. The molecule has 0 bridgehead atoms. The van der Waals surface area contributed by atoms with E-state index in [0.717, 1.165) is 22.6 Å². The number of fused-ring (bicyclic) bond motifs is 1. The van der Waals surface area contributed by atoms with Gasteiger partial charge in [0.1, 0.15) is 0 Å². The molecular formula is C16H20O4S2. The third-order valence-electron chi connectivity index (χ3n) is 2.94.